The van der Waals surface area contributed by atoms with Crippen LogP contribution in [0.3, 0.4) is 0 Å². The lowest BCUT2D eigenvalue weighted by Gasteiger charge is -2.38. The Morgan fingerprint density at radius 2 is 2.37 bits per heavy atom. The second kappa shape index (κ2) is 5.45. The number of ether oxygens (including phenoxy) is 1. The number of rotatable bonds is 4. The first kappa shape index (κ1) is 14.3. The van der Waals surface area contributed by atoms with E-state index in [1.807, 2.05) is 20.9 Å². The van der Waals surface area contributed by atoms with Crippen LogP contribution in [-0.2, 0) is 11.8 Å². The van der Waals surface area contributed by atoms with Crippen molar-refractivity contribution in [1.29, 1.82) is 0 Å². The van der Waals surface area contributed by atoms with Crippen LogP contribution in [0.4, 0.5) is 0 Å². The second-order valence-electron chi connectivity index (χ2n) is 5.76. The number of hydrogen-bond acceptors (Lipinski definition) is 3. The average Bonchev–Trinajstić information content (AvgIpc) is 2.68. The minimum Gasteiger partial charge on any atom is -0.367 e. The Bertz CT molecular complexity index is 443. The van der Waals surface area contributed by atoms with E-state index in [4.69, 9.17) is 4.74 Å². The summed E-state index contributed by atoms with van der Waals surface area (Å²) < 4.78 is 7.62. The third kappa shape index (κ3) is 2.59. The van der Waals surface area contributed by atoms with Gasteiger partial charge in [0.2, 0.25) is 5.78 Å². The molecule has 4 heteroatoms. The largest absolute Gasteiger partial charge is 0.367 e. The van der Waals surface area contributed by atoms with Gasteiger partial charge in [-0.3, -0.25) is 9.48 Å². The van der Waals surface area contributed by atoms with Crippen LogP contribution >= 0.6 is 0 Å². The standard InChI is InChI=1S/C15H24N2O2/c1-5-19-15(8-6-7-11(2)9-15)14(18)13-12(3)10-16-17(13)4/h10-11H,5-9H2,1-4H3. The number of hydrogen-bond donors (Lipinski definition) is 0. The van der Waals surface area contributed by atoms with Gasteiger partial charge in [-0.1, -0.05) is 13.3 Å². The smallest absolute Gasteiger partial charge is 0.212 e. The van der Waals surface area contributed by atoms with Crippen LogP contribution in [0.25, 0.3) is 0 Å². The topological polar surface area (TPSA) is 44.1 Å². The lowest BCUT2D eigenvalue weighted by Crippen LogP contribution is -2.46. The van der Waals surface area contributed by atoms with Crippen LogP contribution in [0, 0.1) is 12.8 Å². The van der Waals surface area contributed by atoms with Crippen LogP contribution in [0.15, 0.2) is 6.20 Å². The van der Waals surface area contributed by atoms with E-state index in [0.717, 1.165) is 24.8 Å². The van der Waals surface area contributed by atoms with Gasteiger partial charge in [0.1, 0.15) is 11.3 Å². The number of carbonyl (C=O) groups excluding carboxylic acids is 1. The summed E-state index contributed by atoms with van der Waals surface area (Å²) in [5, 5.41) is 4.18. The van der Waals surface area contributed by atoms with Gasteiger partial charge in [0, 0.05) is 13.7 Å². The molecule has 1 heterocycles. The fraction of sp³-hybridized carbons (Fsp3) is 0.733. The first-order chi connectivity index (χ1) is 9.00. The van der Waals surface area contributed by atoms with Gasteiger partial charge in [-0.05, 0) is 44.6 Å². The van der Waals surface area contributed by atoms with Gasteiger partial charge >= 0.3 is 0 Å². The molecule has 2 unspecified atom stereocenters. The average molecular weight is 264 g/mol. The molecule has 1 aromatic rings. The molecule has 0 amide bonds. The highest BCUT2D eigenvalue weighted by Crippen LogP contribution is 2.38. The van der Waals surface area contributed by atoms with Crippen LogP contribution in [0.2, 0.25) is 0 Å². The summed E-state index contributed by atoms with van der Waals surface area (Å²) >= 11 is 0. The second-order valence-corrected chi connectivity index (χ2v) is 5.76. The normalized spacial score (nSPS) is 27.5. The molecule has 0 spiro atoms. The quantitative estimate of drug-likeness (QED) is 0.785. The molecule has 1 aliphatic rings. The molecule has 1 fully saturated rings. The van der Waals surface area contributed by atoms with Gasteiger partial charge in [-0.25, -0.2) is 0 Å². The highest BCUT2D eigenvalue weighted by molar-refractivity contribution is 6.02. The predicted octanol–water partition coefficient (Wildman–Crippen LogP) is 2.90. The highest BCUT2D eigenvalue weighted by Gasteiger charge is 2.44. The van der Waals surface area contributed by atoms with Crippen molar-refractivity contribution in [2.24, 2.45) is 13.0 Å². The molecule has 0 radical (unpaired) electrons. The Morgan fingerprint density at radius 3 is 2.89 bits per heavy atom. The van der Waals surface area contributed by atoms with E-state index in [9.17, 15) is 4.79 Å². The summed E-state index contributed by atoms with van der Waals surface area (Å²) in [6, 6.07) is 0. The molecule has 2 rings (SSSR count). The first-order valence-corrected chi connectivity index (χ1v) is 7.17. The van der Waals surface area contributed by atoms with E-state index in [1.54, 1.807) is 10.9 Å². The molecular weight excluding hydrogens is 240 g/mol. The SMILES string of the molecule is CCOC1(C(=O)c2c(C)cnn2C)CCCC(C)C1. The van der Waals surface area contributed by atoms with Gasteiger partial charge in [-0.15, -0.1) is 0 Å². The first-order valence-electron chi connectivity index (χ1n) is 7.17. The predicted molar refractivity (Wildman–Crippen MR) is 74.3 cm³/mol. The van der Waals surface area contributed by atoms with Gasteiger partial charge in [0.25, 0.3) is 0 Å². The van der Waals surface area contributed by atoms with Crippen molar-refractivity contribution in [2.45, 2.75) is 52.1 Å². The van der Waals surface area contributed by atoms with Gasteiger partial charge in [0.05, 0.1) is 6.20 Å². The Hall–Kier alpha value is -1.16. The Morgan fingerprint density at radius 1 is 1.63 bits per heavy atom. The molecule has 0 saturated heterocycles. The molecule has 0 aromatic carbocycles. The fourth-order valence-corrected chi connectivity index (χ4v) is 3.27. The van der Waals surface area contributed by atoms with Gasteiger partial charge in [-0.2, -0.15) is 5.10 Å². The van der Waals surface area contributed by atoms with Crippen molar-refractivity contribution in [3.8, 4) is 0 Å². The number of Topliss-reactive ketones (excluding diaryl/α,β-unsaturated/α-hetero) is 1. The minimum atomic E-state index is -0.634. The zero-order valence-electron chi connectivity index (χ0n) is 12.4. The molecule has 4 nitrogen and oxygen atoms in total. The van der Waals surface area contributed by atoms with Crippen LogP contribution in [0.1, 0.15) is 55.6 Å². The highest BCUT2D eigenvalue weighted by atomic mass is 16.5. The van der Waals surface area contributed by atoms with E-state index >= 15 is 0 Å². The van der Waals surface area contributed by atoms with Crippen LogP contribution < -0.4 is 0 Å². The zero-order chi connectivity index (χ0) is 14.0. The van der Waals surface area contributed by atoms with Crippen molar-refractivity contribution in [3.05, 3.63) is 17.5 Å². The van der Waals surface area contributed by atoms with Crippen molar-refractivity contribution in [1.82, 2.24) is 9.78 Å². The van der Waals surface area contributed by atoms with Crippen molar-refractivity contribution in [3.63, 3.8) is 0 Å². The number of nitrogens with zero attached hydrogens (tertiary/aromatic N) is 2. The Kier molecular flexibility index (Phi) is 4.09. The number of aromatic nitrogens is 2. The lowest BCUT2D eigenvalue weighted by molar-refractivity contribution is -0.0517. The molecule has 0 N–H and O–H groups in total. The van der Waals surface area contributed by atoms with E-state index < -0.39 is 5.60 Å². The van der Waals surface area contributed by atoms with Gasteiger partial charge in [0.15, 0.2) is 0 Å². The van der Waals surface area contributed by atoms with Crippen molar-refractivity contribution in [2.75, 3.05) is 6.61 Å². The molecule has 2 atom stereocenters. The lowest BCUT2D eigenvalue weighted by atomic mass is 9.75. The molecule has 1 aromatic heterocycles. The van der Waals surface area contributed by atoms with Crippen molar-refractivity contribution < 1.29 is 9.53 Å². The molecule has 106 valence electrons. The molecule has 1 aliphatic carbocycles. The molecule has 19 heavy (non-hydrogen) atoms. The summed E-state index contributed by atoms with van der Waals surface area (Å²) in [6.07, 6.45) is 5.65. The third-order valence-corrected chi connectivity index (χ3v) is 4.13. The third-order valence-electron chi connectivity index (χ3n) is 4.13. The Labute approximate surface area is 115 Å². The summed E-state index contributed by atoms with van der Waals surface area (Å²) in [4.78, 5) is 13.0. The van der Waals surface area contributed by atoms with E-state index in [2.05, 4.69) is 12.0 Å². The zero-order valence-corrected chi connectivity index (χ0v) is 12.4. The number of aryl methyl sites for hydroxylation is 2. The number of carbonyl (C=O) groups is 1. The fourth-order valence-electron chi connectivity index (χ4n) is 3.27. The molecular formula is C15H24N2O2. The summed E-state index contributed by atoms with van der Waals surface area (Å²) in [5.74, 6) is 0.649. The maximum atomic E-state index is 13.0. The van der Waals surface area contributed by atoms with Gasteiger partial charge < -0.3 is 4.74 Å². The molecule has 0 bridgehead atoms. The summed E-state index contributed by atoms with van der Waals surface area (Å²) in [6.45, 7) is 6.68. The maximum absolute atomic E-state index is 13.0. The van der Waals surface area contributed by atoms with Crippen LogP contribution in [-0.4, -0.2) is 27.8 Å². The Balaban J connectivity index is 2.36. The number of ketones is 1. The molecule has 1 saturated carbocycles. The minimum absolute atomic E-state index is 0.110. The van der Waals surface area contributed by atoms with Crippen LogP contribution in [0.5, 0.6) is 0 Å². The van der Waals surface area contributed by atoms with E-state index in [-0.39, 0.29) is 5.78 Å². The van der Waals surface area contributed by atoms with E-state index in [1.165, 1.54) is 6.42 Å². The summed E-state index contributed by atoms with van der Waals surface area (Å²) in [7, 11) is 1.83. The van der Waals surface area contributed by atoms with E-state index in [0.29, 0.717) is 18.2 Å². The summed E-state index contributed by atoms with van der Waals surface area (Å²) in [5.41, 5.74) is 0.998. The monoisotopic (exact) mass is 264 g/mol. The van der Waals surface area contributed by atoms with Crippen molar-refractivity contribution >= 4 is 5.78 Å². The maximum Gasteiger partial charge on any atom is 0.212 e. The molecule has 0 aliphatic heterocycles.